The van der Waals surface area contributed by atoms with Crippen molar-refractivity contribution in [3.05, 3.63) is 36.4 Å². The SMILES string of the molecule is FC(F)(F)Cl.c1ccccc1. The lowest BCUT2D eigenvalue weighted by Crippen LogP contribution is -1.89. The summed E-state index contributed by atoms with van der Waals surface area (Å²) in [5.41, 5.74) is -4.53. The highest BCUT2D eigenvalue weighted by atomic mass is 35.5. The first kappa shape index (κ1) is 10.3. The highest BCUT2D eigenvalue weighted by molar-refractivity contribution is 6.20. The fourth-order valence-electron chi connectivity index (χ4n) is 0.385. The Balaban J connectivity index is 0.000000187. The van der Waals surface area contributed by atoms with Crippen LogP contribution in [0, 0.1) is 0 Å². The molecule has 0 heterocycles. The Bertz CT molecular complexity index is 138. The molecule has 0 atom stereocenters. The van der Waals surface area contributed by atoms with Crippen LogP contribution >= 0.6 is 11.6 Å². The average Bonchev–Trinajstić information content (AvgIpc) is 1.88. The van der Waals surface area contributed by atoms with Crippen LogP contribution in [0.1, 0.15) is 0 Å². The summed E-state index contributed by atoms with van der Waals surface area (Å²) in [5, 5.41) is 0. The maximum Gasteiger partial charge on any atom is 0.475 e. The molecule has 62 valence electrons. The van der Waals surface area contributed by atoms with Gasteiger partial charge in [0.2, 0.25) is 0 Å². The molecule has 0 nitrogen and oxygen atoms in total. The van der Waals surface area contributed by atoms with Crippen LogP contribution in [0.15, 0.2) is 36.4 Å². The molecule has 0 radical (unpaired) electrons. The summed E-state index contributed by atoms with van der Waals surface area (Å²) in [4.78, 5) is 0. The molecular weight excluding hydrogens is 177 g/mol. The fourth-order valence-corrected chi connectivity index (χ4v) is 0.385. The molecule has 4 heteroatoms. The second-order valence-electron chi connectivity index (χ2n) is 1.58. The quantitative estimate of drug-likeness (QED) is 0.540. The molecule has 0 spiro atoms. The van der Waals surface area contributed by atoms with Gasteiger partial charge in [-0.3, -0.25) is 0 Å². The Morgan fingerprint density at radius 1 is 0.727 bits per heavy atom. The lowest BCUT2D eigenvalue weighted by Gasteiger charge is -1.84. The zero-order chi connectivity index (χ0) is 8.74. The summed E-state index contributed by atoms with van der Waals surface area (Å²) in [6, 6.07) is 12.0. The van der Waals surface area contributed by atoms with Crippen molar-refractivity contribution in [2.75, 3.05) is 0 Å². The van der Waals surface area contributed by atoms with Gasteiger partial charge in [0.25, 0.3) is 0 Å². The monoisotopic (exact) mass is 182 g/mol. The van der Waals surface area contributed by atoms with E-state index in [4.69, 9.17) is 0 Å². The third-order valence-corrected chi connectivity index (χ3v) is 0.667. The summed E-state index contributed by atoms with van der Waals surface area (Å²) in [6.45, 7) is 0. The van der Waals surface area contributed by atoms with Crippen LogP contribution < -0.4 is 0 Å². The Morgan fingerprint density at radius 3 is 0.909 bits per heavy atom. The molecule has 11 heavy (non-hydrogen) atoms. The molecule has 1 rings (SSSR count). The third-order valence-electron chi connectivity index (χ3n) is 0.667. The van der Waals surface area contributed by atoms with Gasteiger partial charge in [-0.2, -0.15) is 13.2 Å². The van der Waals surface area contributed by atoms with Crippen LogP contribution in [0.2, 0.25) is 0 Å². The molecule has 0 saturated heterocycles. The van der Waals surface area contributed by atoms with Crippen molar-refractivity contribution in [2.45, 2.75) is 5.64 Å². The van der Waals surface area contributed by atoms with Crippen molar-refractivity contribution >= 4 is 11.6 Å². The van der Waals surface area contributed by atoms with Gasteiger partial charge in [0, 0.05) is 0 Å². The first-order valence-electron chi connectivity index (χ1n) is 2.76. The topological polar surface area (TPSA) is 0 Å². The highest BCUT2D eigenvalue weighted by Crippen LogP contribution is 2.18. The van der Waals surface area contributed by atoms with E-state index in [1.807, 2.05) is 36.4 Å². The van der Waals surface area contributed by atoms with Crippen molar-refractivity contribution in [3.63, 3.8) is 0 Å². The molecule has 1 aromatic carbocycles. The van der Waals surface area contributed by atoms with Gasteiger partial charge in [-0.05, 0) is 11.6 Å². The molecule has 0 N–H and O–H groups in total. The lowest BCUT2D eigenvalue weighted by atomic mass is 10.4. The van der Waals surface area contributed by atoms with Gasteiger partial charge < -0.3 is 0 Å². The van der Waals surface area contributed by atoms with E-state index < -0.39 is 5.64 Å². The standard InChI is InChI=1S/C6H6.CClF3/c1-2-4-6-5-3-1;2-1(3,4)5/h1-6H;. The second-order valence-corrected chi connectivity index (χ2v) is 2.01. The summed E-state index contributed by atoms with van der Waals surface area (Å²) in [7, 11) is 0. The van der Waals surface area contributed by atoms with E-state index in [0.717, 1.165) is 0 Å². The van der Waals surface area contributed by atoms with Crippen LogP contribution in [0.4, 0.5) is 13.2 Å². The van der Waals surface area contributed by atoms with Gasteiger partial charge in [-0.25, -0.2) is 0 Å². The maximum atomic E-state index is 10.1. The zero-order valence-corrected chi connectivity index (χ0v) is 6.23. The number of hydrogen-bond donors (Lipinski definition) is 0. The normalized spacial score (nSPS) is 9.82. The number of halogens is 4. The van der Waals surface area contributed by atoms with E-state index in [0.29, 0.717) is 0 Å². The van der Waals surface area contributed by atoms with Crippen LogP contribution in [0.3, 0.4) is 0 Å². The highest BCUT2D eigenvalue weighted by Gasteiger charge is 2.20. The average molecular weight is 183 g/mol. The Labute approximate surface area is 67.6 Å². The molecular formula is C7H6ClF3. The van der Waals surface area contributed by atoms with Gasteiger partial charge in [-0.1, -0.05) is 36.4 Å². The molecule has 0 unspecified atom stereocenters. The van der Waals surface area contributed by atoms with Crippen LogP contribution in [0.25, 0.3) is 0 Å². The minimum Gasteiger partial charge on any atom is -0.156 e. The lowest BCUT2D eigenvalue weighted by molar-refractivity contribution is -0.0420. The third kappa shape index (κ3) is 17.6. The first-order chi connectivity index (χ1) is 5.00. The van der Waals surface area contributed by atoms with Gasteiger partial charge in [0.05, 0.1) is 0 Å². The predicted molar refractivity (Wildman–Crippen MR) is 38.4 cm³/mol. The predicted octanol–water partition coefficient (Wildman–Crippen LogP) is 3.43. The van der Waals surface area contributed by atoms with Crippen molar-refractivity contribution in [3.8, 4) is 0 Å². The van der Waals surface area contributed by atoms with Gasteiger partial charge >= 0.3 is 5.64 Å². The van der Waals surface area contributed by atoms with E-state index in [1.54, 1.807) is 0 Å². The second kappa shape index (κ2) is 5.02. The van der Waals surface area contributed by atoms with Crippen LogP contribution in [-0.2, 0) is 0 Å². The molecule has 0 aromatic heterocycles. The maximum absolute atomic E-state index is 10.1. The summed E-state index contributed by atoms with van der Waals surface area (Å²) < 4.78 is 30.4. The Hall–Kier alpha value is -0.700. The molecule has 0 fully saturated rings. The Kier molecular flexibility index (Phi) is 4.70. The molecule has 0 aliphatic heterocycles. The molecule has 0 saturated carbocycles. The zero-order valence-electron chi connectivity index (χ0n) is 5.48. The van der Waals surface area contributed by atoms with Gasteiger partial charge in [-0.15, -0.1) is 0 Å². The number of hydrogen-bond acceptors (Lipinski definition) is 0. The molecule has 0 bridgehead atoms. The largest absolute Gasteiger partial charge is 0.475 e. The summed E-state index contributed by atoms with van der Waals surface area (Å²) in [5.74, 6) is 0. The number of alkyl halides is 4. The summed E-state index contributed by atoms with van der Waals surface area (Å²) >= 11 is 3.53. The smallest absolute Gasteiger partial charge is 0.156 e. The van der Waals surface area contributed by atoms with Crippen molar-refractivity contribution in [1.29, 1.82) is 0 Å². The molecule has 0 aliphatic carbocycles. The van der Waals surface area contributed by atoms with E-state index in [-0.39, 0.29) is 0 Å². The van der Waals surface area contributed by atoms with Crippen molar-refractivity contribution < 1.29 is 13.2 Å². The van der Waals surface area contributed by atoms with Crippen LogP contribution in [-0.4, -0.2) is 5.64 Å². The van der Waals surface area contributed by atoms with E-state index in [2.05, 4.69) is 11.6 Å². The molecule has 1 aromatic rings. The van der Waals surface area contributed by atoms with E-state index in [1.165, 1.54) is 0 Å². The van der Waals surface area contributed by atoms with Gasteiger partial charge in [0.15, 0.2) is 0 Å². The first-order valence-corrected chi connectivity index (χ1v) is 3.13. The number of benzene rings is 1. The van der Waals surface area contributed by atoms with Gasteiger partial charge in [0.1, 0.15) is 0 Å². The minimum atomic E-state index is -4.53. The van der Waals surface area contributed by atoms with Crippen molar-refractivity contribution in [2.24, 2.45) is 0 Å². The Morgan fingerprint density at radius 2 is 0.818 bits per heavy atom. The molecule has 0 amide bonds. The fraction of sp³-hybridized carbons (Fsp3) is 0.143. The molecule has 0 aliphatic rings. The number of rotatable bonds is 0. The van der Waals surface area contributed by atoms with Crippen LogP contribution in [0.5, 0.6) is 0 Å². The minimum absolute atomic E-state index is 2.00. The van der Waals surface area contributed by atoms with E-state index in [9.17, 15) is 13.2 Å². The van der Waals surface area contributed by atoms with E-state index >= 15 is 0 Å². The summed E-state index contributed by atoms with van der Waals surface area (Å²) in [6.07, 6.45) is 0. The van der Waals surface area contributed by atoms with Crippen molar-refractivity contribution in [1.82, 2.24) is 0 Å².